The number of hydrogen-bond donors (Lipinski definition) is 1. The third-order valence-electron chi connectivity index (χ3n) is 5.26. The molecule has 6 nitrogen and oxygen atoms in total. The largest absolute Gasteiger partial charge is 0.493 e. The molecule has 2 aromatic rings. The normalized spacial score (nSPS) is 15.4. The van der Waals surface area contributed by atoms with Crippen LogP contribution in [0.4, 0.5) is 4.79 Å². The summed E-state index contributed by atoms with van der Waals surface area (Å²) in [5.74, 6) is 1.29. The zero-order valence-corrected chi connectivity index (χ0v) is 18.4. The standard InChI is InChI=1S/C25H32N2O4/c1-4-13-31-23-12-11-21(15-24(23)29-3)17-27(18-22-6-5-14-30-22)25(28)26-16-20-9-7-19(2)8-10-20/h4,7-12,15,22H,1,5-6,13-14,16-18H2,2-3H3,(H,26,28)/t22-/m1/s1. The average molecular weight is 425 g/mol. The molecule has 1 heterocycles. The van der Waals surface area contributed by atoms with Gasteiger partial charge < -0.3 is 24.4 Å². The van der Waals surface area contributed by atoms with Gasteiger partial charge in [-0.1, -0.05) is 48.6 Å². The van der Waals surface area contributed by atoms with Crippen molar-refractivity contribution in [3.8, 4) is 11.5 Å². The molecule has 1 fully saturated rings. The molecule has 0 aliphatic carbocycles. The van der Waals surface area contributed by atoms with Crippen LogP contribution in [0.5, 0.6) is 11.5 Å². The molecule has 0 unspecified atom stereocenters. The lowest BCUT2D eigenvalue weighted by molar-refractivity contribution is 0.0794. The molecule has 0 spiro atoms. The Bertz CT molecular complexity index is 860. The molecule has 0 bridgehead atoms. The van der Waals surface area contributed by atoms with Crippen LogP contribution in [0.25, 0.3) is 0 Å². The first-order valence-electron chi connectivity index (χ1n) is 10.7. The second-order valence-corrected chi connectivity index (χ2v) is 7.74. The Morgan fingerprint density at radius 1 is 1.23 bits per heavy atom. The smallest absolute Gasteiger partial charge is 0.318 e. The molecule has 1 saturated heterocycles. The van der Waals surface area contributed by atoms with E-state index in [1.54, 1.807) is 13.2 Å². The molecule has 31 heavy (non-hydrogen) atoms. The summed E-state index contributed by atoms with van der Waals surface area (Å²) in [6, 6.07) is 13.8. The molecule has 2 aromatic carbocycles. The van der Waals surface area contributed by atoms with Gasteiger partial charge in [0.2, 0.25) is 0 Å². The molecular formula is C25H32N2O4. The van der Waals surface area contributed by atoms with E-state index in [0.717, 1.165) is 30.6 Å². The summed E-state index contributed by atoms with van der Waals surface area (Å²) < 4.78 is 16.9. The predicted molar refractivity (Wildman–Crippen MR) is 121 cm³/mol. The number of amides is 2. The number of benzene rings is 2. The van der Waals surface area contributed by atoms with Crippen LogP contribution in [0, 0.1) is 6.92 Å². The first kappa shape index (κ1) is 22.7. The quantitative estimate of drug-likeness (QED) is 0.572. The highest BCUT2D eigenvalue weighted by Crippen LogP contribution is 2.29. The fourth-order valence-corrected chi connectivity index (χ4v) is 3.55. The molecule has 6 heteroatoms. The van der Waals surface area contributed by atoms with Crippen molar-refractivity contribution in [3.05, 3.63) is 71.8 Å². The zero-order valence-electron chi connectivity index (χ0n) is 18.4. The molecule has 0 saturated carbocycles. The summed E-state index contributed by atoms with van der Waals surface area (Å²) in [6.07, 6.45) is 3.77. The summed E-state index contributed by atoms with van der Waals surface area (Å²) in [7, 11) is 1.61. The van der Waals surface area contributed by atoms with Crippen LogP contribution in [0.2, 0.25) is 0 Å². The van der Waals surface area contributed by atoms with Crippen LogP contribution in [0.1, 0.15) is 29.5 Å². The molecule has 0 radical (unpaired) electrons. The maximum atomic E-state index is 13.0. The van der Waals surface area contributed by atoms with Gasteiger partial charge in [-0.05, 0) is 43.0 Å². The van der Waals surface area contributed by atoms with E-state index in [-0.39, 0.29) is 12.1 Å². The fourth-order valence-electron chi connectivity index (χ4n) is 3.55. The third-order valence-corrected chi connectivity index (χ3v) is 5.26. The van der Waals surface area contributed by atoms with Crippen LogP contribution in [0.15, 0.2) is 55.1 Å². The van der Waals surface area contributed by atoms with E-state index in [1.807, 2.05) is 54.3 Å². The van der Waals surface area contributed by atoms with Crippen molar-refractivity contribution >= 4 is 6.03 Å². The van der Waals surface area contributed by atoms with Crippen LogP contribution in [0.3, 0.4) is 0 Å². The molecule has 1 aliphatic heterocycles. The Labute approximate surface area is 184 Å². The van der Waals surface area contributed by atoms with E-state index in [1.165, 1.54) is 5.56 Å². The van der Waals surface area contributed by atoms with Crippen molar-refractivity contribution < 1.29 is 19.0 Å². The summed E-state index contributed by atoms with van der Waals surface area (Å²) in [5.41, 5.74) is 3.23. The minimum Gasteiger partial charge on any atom is -0.493 e. The lowest BCUT2D eigenvalue weighted by Crippen LogP contribution is -2.43. The molecule has 0 aromatic heterocycles. The Balaban J connectivity index is 1.69. The first-order valence-corrected chi connectivity index (χ1v) is 10.7. The van der Waals surface area contributed by atoms with Crippen molar-refractivity contribution in [1.82, 2.24) is 10.2 Å². The van der Waals surface area contributed by atoms with Gasteiger partial charge in [0.25, 0.3) is 0 Å². The fraction of sp³-hybridized carbons (Fsp3) is 0.400. The van der Waals surface area contributed by atoms with Gasteiger partial charge >= 0.3 is 6.03 Å². The van der Waals surface area contributed by atoms with Gasteiger partial charge in [-0.25, -0.2) is 4.79 Å². The molecule has 1 aliphatic rings. The minimum atomic E-state index is -0.109. The van der Waals surface area contributed by atoms with Gasteiger partial charge in [0.1, 0.15) is 6.61 Å². The van der Waals surface area contributed by atoms with Crippen molar-refractivity contribution in [3.63, 3.8) is 0 Å². The molecular weight excluding hydrogens is 392 g/mol. The Hall–Kier alpha value is -2.99. The van der Waals surface area contributed by atoms with E-state index in [2.05, 4.69) is 11.9 Å². The zero-order chi connectivity index (χ0) is 22.1. The topological polar surface area (TPSA) is 60.0 Å². The Kier molecular flexibility index (Phi) is 8.35. The predicted octanol–water partition coefficient (Wildman–Crippen LogP) is 4.46. The number of aryl methyl sites for hydroxylation is 1. The maximum absolute atomic E-state index is 13.0. The highest BCUT2D eigenvalue weighted by molar-refractivity contribution is 5.74. The second-order valence-electron chi connectivity index (χ2n) is 7.74. The third kappa shape index (κ3) is 6.76. The maximum Gasteiger partial charge on any atom is 0.318 e. The van der Waals surface area contributed by atoms with Crippen molar-refractivity contribution in [2.24, 2.45) is 0 Å². The van der Waals surface area contributed by atoms with Crippen LogP contribution in [-0.4, -0.2) is 43.9 Å². The molecule has 2 amide bonds. The van der Waals surface area contributed by atoms with Crippen molar-refractivity contribution in [2.45, 2.75) is 39.0 Å². The molecule has 166 valence electrons. The summed E-state index contributed by atoms with van der Waals surface area (Å²) in [4.78, 5) is 14.8. The van der Waals surface area contributed by atoms with Crippen LogP contribution < -0.4 is 14.8 Å². The second kappa shape index (κ2) is 11.4. The average Bonchev–Trinajstić information content (AvgIpc) is 3.30. The lowest BCUT2D eigenvalue weighted by Gasteiger charge is -2.26. The van der Waals surface area contributed by atoms with E-state index in [0.29, 0.717) is 37.7 Å². The number of urea groups is 1. The Morgan fingerprint density at radius 2 is 2.00 bits per heavy atom. The van der Waals surface area contributed by atoms with E-state index >= 15 is 0 Å². The van der Waals surface area contributed by atoms with Gasteiger partial charge in [0.05, 0.1) is 13.2 Å². The summed E-state index contributed by atoms with van der Waals surface area (Å²) in [5, 5.41) is 3.05. The molecule has 1 N–H and O–H groups in total. The van der Waals surface area contributed by atoms with Crippen LogP contribution in [-0.2, 0) is 17.8 Å². The number of hydrogen-bond acceptors (Lipinski definition) is 4. The van der Waals surface area contributed by atoms with E-state index in [9.17, 15) is 4.79 Å². The molecule has 1 atom stereocenters. The highest BCUT2D eigenvalue weighted by atomic mass is 16.5. The minimum absolute atomic E-state index is 0.0715. The number of ether oxygens (including phenoxy) is 3. The monoisotopic (exact) mass is 424 g/mol. The Morgan fingerprint density at radius 3 is 2.68 bits per heavy atom. The number of carbonyl (C=O) groups is 1. The summed E-state index contributed by atoms with van der Waals surface area (Å²) >= 11 is 0. The van der Waals surface area contributed by atoms with Gasteiger partial charge in [-0.15, -0.1) is 0 Å². The summed E-state index contributed by atoms with van der Waals surface area (Å²) in [6.45, 7) is 8.38. The lowest BCUT2D eigenvalue weighted by atomic mass is 10.1. The van der Waals surface area contributed by atoms with Gasteiger partial charge in [-0.2, -0.15) is 0 Å². The van der Waals surface area contributed by atoms with Crippen molar-refractivity contribution in [2.75, 3.05) is 26.9 Å². The van der Waals surface area contributed by atoms with Gasteiger partial charge in [-0.3, -0.25) is 0 Å². The number of methoxy groups -OCH3 is 1. The SMILES string of the molecule is C=CCOc1ccc(CN(C[C@H]2CCCO2)C(=O)NCc2ccc(C)cc2)cc1OC. The van der Waals surface area contributed by atoms with E-state index < -0.39 is 0 Å². The van der Waals surface area contributed by atoms with E-state index in [4.69, 9.17) is 14.2 Å². The number of nitrogens with one attached hydrogen (secondary N) is 1. The number of nitrogens with zero attached hydrogens (tertiary/aromatic N) is 1. The number of rotatable bonds is 10. The number of carbonyl (C=O) groups excluding carboxylic acids is 1. The van der Waals surface area contributed by atoms with Gasteiger partial charge in [0, 0.05) is 26.2 Å². The van der Waals surface area contributed by atoms with Crippen molar-refractivity contribution in [1.29, 1.82) is 0 Å². The first-order chi connectivity index (χ1) is 15.1. The van der Waals surface area contributed by atoms with Crippen LogP contribution >= 0.6 is 0 Å². The van der Waals surface area contributed by atoms with Gasteiger partial charge in [0.15, 0.2) is 11.5 Å². The molecule has 3 rings (SSSR count). The highest BCUT2D eigenvalue weighted by Gasteiger charge is 2.23.